The summed E-state index contributed by atoms with van der Waals surface area (Å²) >= 11 is 1.29. The maximum atomic E-state index is 11.7. The van der Waals surface area contributed by atoms with Crippen molar-refractivity contribution < 1.29 is 13.2 Å². The van der Waals surface area contributed by atoms with Crippen molar-refractivity contribution in [2.24, 2.45) is 11.7 Å². The zero-order valence-corrected chi connectivity index (χ0v) is 10.4. The molecule has 16 heavy (non-hydrogen) atoms. The average Bonchev–Trinajstić information content (AvgIpc) is 2.55. The van der Waals surface area contributed by atoms with Crippen molar-refractivity contribution in [3.05, 3.63) is 23.1 Å². The molecular formula is C10H13NO3S2. The summed E-state index contributed by atoms with van der Waals surface area (Å²) in [7, 11) is -3.26. The van der Waals surface area contributed by atoms with Gasteiger partial charge in [-0.1, -0.05) is 18.2 Å². The number of sulfone groups is 1. The SMILES string of the molecule is CS(=O)(=O)C1C2CC=CC=C2SC1C(N)=O. The fourth-order valence-electron chi connectivity index (χ4n) is 2.22. The molecule has 1 saturated heterocycles. The zero-order valence-electron chi connectivity index (χ0n) is 8.79. The molecule has 3 unspecified atom stereocenters. The number of hydrogen-bond donors (Lipinski definition) is 1. The number of thioether (sulfide) groups is 1. The van der Waals surface area contributed by atoms with Crippen LogP contribution in [-0.4, -0.2) is 31.1 Å². The second-order valence-corrected chi connectivity index (χ2v) is 7.49. The van der Waals surface area contributed by atoms with Crippen LogP contribution in [0.25, 0.3) is 0 Å². The van der Waals surface area contributed by atoms with Gasteiger partial charge in [-0.15, -0.1) is 11.8 Å². The molecule has 1 heterocycles. The van der Waals surface area contributed by atoms with Gasteiger partial charge in [-0.3, -0.25) is 4.79 Å². The molecule has 6 heteroatoms. The number of rotatable bonds is 2. The number of allylic oxidation sites excluding steroid dienone is 4. The standard InChI is InChI=1S/C10H13NO3S2/c1-16(13,14)9-6-4-2-3-5-7(6)15-8(9)10(11)12/h2-3,5-6,8-9H,4H2,1H3,(H2,11,12). The number of carbonyl (C=O) groups is 1. The quantitative estimate of drug-likeness (QED) is 0.781. The second-order valence-electron chi connectivity index (χ2n) is 4.07. The molecule has 1 amide bonds. The predicted molar refractivity (Wildman–Crippen MR) is 64.5 cm³/mol. The third-order valence-corrected chi connectivity index (χ3v) is 6.14. The zero-order chi connectivity index (χ0) is 11.9. The number of amides is 1. The van der Waals surface area contributed by atoms with Gasteiger partial charge in [-0.25, -0.2) is 8.42 Å². The smallest absolute Gasteiger partial charge is 0.232 e. The van der Waals surface area contributed by atoms with E-state index in [2.05, 4.69) is 0 Å². The summed E-state index contributed by atoms with van der Waals surface area (Å²) in [5.74, 6) is -0.641. The average molecular weight is 259 g/mol. The Labute approximate surface area is 98.9 Å². The first-order valence-electron chi connectivity index (χ1n) is 4.93. The molecule has 88 valence electrons. The fourth-order valence-corrected chi connectivity index (χ4v) is 5.82. The molecule has 0 bridgehead atoms. The van der Waals surface area contributed by atoms with E-state index in [4.69, 9.17) is 5.73 Å². The van der Waals surface area contributed by atoms with E-state index in [1.54, 1.807) is 0 Å². The van der Waals surface area contributed by atoms with E-state index >= 15 is 0 Å². The largest absolute Gasteiger partial charge is 0.369 e. The molecule has 0 radical (unpaired) electrons. The van der Waals surface area contributed by atoms with Crippen LogP contribution in [0, 0.1) is 5.92 Å². The number of carbonyl (C=O) groups excluding carboxylic acids is 1. The van der Waals surface area contributed by atoms with E-state index in [9.17, 15) is 13.2 Å². The normalized spacial score (nSPS) is 33.3. The first-order valence-corrected chi connectivity index (χ1v) is 7.76. The fraction of sp³-hybridized carbons (Fsp3) is 0.500. The number of hydrogen-bond acceptors (Lipinski definition) is 4. The van der Waals surface area contributed by atoms with Crippen molar-refractivity contribution in [3.63, 3.8) is 0 Å². The lowest BCUT2D eigenvalue weighted by molar-refractivity contribution is -0.117. The Hall–Kier alpha value is -0.750. The molecule has 2 rings (SSSR count). The highest BCUT2D eigenvalue weighted by molar-refractivity contribution is 8.06. The highest BCUT2D eigenvalue weighted by Crippen LogP contribution is 2.48. The number of fused-ring (bicyclic) bond motifs is 1. The molecule has 0 aromatic heterocycles. The minimum atomic E-state index is -3.26. The van der Waals surface area contributed by atoms with Crippen LogP contribution in [0.3, 0.4) is 0 Å². The van der Waals surface area contributed by atoms with Crippen LogP contribution in [0.4, 0.5) is 0 Å². The molecule has 2 N–H and O–H groups in total. The lowest BCUT2D eigenvalue weighted by Gasteiger charge is -2.20. The monoisotopic (exact) mass is 259 g/mol. The molecule has 0 saturated carbocycles. The van der Waals surface area contributed by atoms with Gasteiger partial charge in [0.1, 0.15) is 5.25 Å². The Bertz CT molecular complexity index is 476. The maximum Gasteiger partial charge on any atom is 0.232 e. The topological polar surface area (TPSA) is 77.2 Å². The number of primary amides is 1. The van der Waals surface area contributed by atoms with Crippen molar-refractivity contribution in [3.8, 4) is 0 Å². The molecular weight excluding hydrogens is 246 g/mol. The van der Waals surface area contributed by atoms with Crippen LogP contribution in [-0.2, 0) is 14.6 Å². The van der Waals surface area contributed by atoms with Crippen molar-refractivity contribution >= 4 is 27.5 Å². The van der Waals surface area contributed by atoms with Gasteiger partial charge in [-0.2, -0.15) is 0 Å². The molecule has 1 aliphatic heterocycles. The Kier molecular flexibility index (Phi) is 2.88. The molecule has 3 atom stereocenters. The first kappa shape index (κ1) is 11.7. The Morgan fingerprint density at radius 1 is 1.56 bits per heavy atom. The van der Waals surface area contributed by atoms with E-state index in [1.807, 2.05) is 18.2 Å². The Morgan fingerprint density at radius 3 is 2.81 bits per heavy atom. The van der Waals surface area contributed by atoms with Crippen LogP contribution in [0.5, 0.6) is 0 Å². The minimum absolute atomic E-state index is 0.0949. The van der Waals surface area contributed by atoms with E-state index < -0.39 is 26.2 Å². The predicted octanol–water partition coefficient (Wildman–Crippen LogP) is 0.460. The maximum absolute atomic E-state index is 11.7. The van der Waals surface area contributed by atoms with Gasteiger partial charge in [0.25, 0.3) is 0 Å². The summed E-state index contributed by atoms with van der Waals surface area (Å²) in [5, 5.41) is -1.32. The van der Waals surface area contributed by atoms with Crippen LogP contribution in [0.15, 0.2) is 23.1 Å². The van der Waals surface area contributed by atoms with Gasteiger partial charge in [0.2, 0.25) is 5.91 Å². The van der Waals surface area contributed by atoms with E-state index in [0.29, 0.717) is 6.42 Å². The third kappa shape index (κ3) is 1.91. The summed E-state index contributed by atoms with van der Waals surface area (Å²) in [6, 6.07) is 0. The van der Waals surface area contributed by atoms with Crippen molar-refractivity contribution in [1.82, 2.24) is 0 Å². The van der Waals surface area contributed by atoms with E-state index in [0.717, 1.165) is 4.91 Å². The van der Waals surface area contributed by atoms with Crippen LogP contribution in [0.1, 0.15) is 6.42 Å². The van der Waals surface area contributed by atoms with Crippen molar-refractivity contribution in [1.29, 1.82) is 0 Å². The summed E-state index contributed by atoms with van der Waals surface area (Å²) in [5.41, 5.74) is 5.27. The molecule has 0 spiro atoms. The van der Waals surface area contributed by atoms with E-state index in [-0.39, 0.29) is 5.92 Å². The molecule has 1 aliphatic carbocycles. The van der Waals surface area contributed by atoms with Crippen LogP contribution >= 0.6 is 11.8 Å². The van der Waals surface area contributed by atoms with Crippen molar-refractivity contribution in [2.45, 2.75) is 16.9 Å². The Balaban J connectivity index is 2.42. The highest BCUT2D eigenvalue weighted by atomic mass is 32.2. The van der Waals surface area contributed by atoms with E-state index in [1.165, 1.54) is 18.0 Å². The van der Waals surface area contributed by atoms with Gasteiger partial charge in [0.05, 0.1) is 5.25 Å². The molecule has 4 nitrogen and oxygen atoms in total. The van der Waals surface area contributed by atoms with Gasteiger partial charge >= 0.3 is 0 Å². The molecule has 0 aromatic carbocycles. The summed E-state index contributed by atoms with van der Waals surface area (Å²) in [4.78, 5) is 12.3. The van der Waals surface area contributed by atoms with Gasteiger partial charge in [-0.05, 0) is 11.3 Å². The van der Waals surface area contributed by atoms with Crippen LogP contribution < -0.4 is 5.73 Å². The second kappa shape index (κ2) is 3.92. The van der Waals surface area contributed by atoms with Gasteiger partial charge in [0, 0.05) is 12.2 Å². The summed E-state index contributed by atoms with van der Waals surface area (Å²) in [6.07, 6.45) is 7.54. The van der Waals surface area contributed by atoms with Crippen molar-refractivity contribution in [2.75, 3.05) is 6.26 Å². The van der Waals surface area contributed by atoms with Gasteiger partial charge in [0.15, 0.2) is 9.84 Å². The molecule has 2 aliphatic rings. The lowest BCUT2D eigenvalue weighted by atomic mass is 9.95. The molecule has 0 aromatic rings. The highest BCUT2D eigenvalue weighted by Gasteiger charge is 2.48. The number of nitrogens with two attached hydrogens (primary N) is 1. The summed E-state index contributed by atoms with van der Waals surface area (Å²) in [6.45, 7) is 0. The molecule has 1 fully saturated rings. The van der Waals surface area contributed by atoms with Crippen LogP contribution in [0.2, 0.25) is 0 Å². The first-order chi connectivity index (χ1) is 7.41. The minimum Gasteiger partial charge on any atom is -0.369 e. The third-order valence-electron chi connectivity index (χ3n) is 2.88. The lowest BCUT2D eigenvalue weighted by Crippen LogP contribution is -2.40. The van der Waals surface area contributed by atoms with Gasteiger partial charge < -0.3 is 5.73 Å². The summed E-state index contributed by atoms with van der Waals surface area (Å²) < 4.78 is 23.5. The Morgan fingerprint density at radius 2 is 2.25 bits per heavy atom.